The monoisotopic (exact) mass is 394 g/mol. The van der Waals surface area contributed by atoms with Crippen molar-refractivity contribution in [1.29, 1.82) is 0 Å². The number of carbonyl (C=O) groups excluding carboxylic acids is 1. The number of nitrogens with zero attached hydrogens (tertiary/aromatic N) is 2. The topological polar surface area (TPSA) is 62.7 Å². The number of alkyl halides is 3. The molecule has 5 nitrogen and oxygen atoms in total. The van der Waals surface area contributed by atoms with Gasteiger partial charge < -0.3 is 14.7 Å². The minimum atomic E-state index is -4.43. The van der Waals surface area contributed by atoms with Gasteiger partial charge in [-0.25, -0.2) is 0 Å². The van der Waals surface area contributed by atoms with Crippen LogP contribution in [0.2, 0.25) is 0 Å². The number of carbonyl (C=O) groups is 1. The summed E-state index contributed by atoms with van der Waals surface area (Å²) in [6.45, 7) is 0.674. The van der Waals surface area contributed by atoms with E-state index in [1.165, 1.54) is 12.3 Å². The summed E-state index contributed by atoms with van der Waals surface area (Å²) in [5.74, 6) is 0.249. The SMILES string of the molecule is O=C(COc1ccc(CO)cc1)N1CCC(Cc2ncccc2C(F)(F)F)C1. The van der Waals surface area contributed by atoms with Gasteiger partial charge in [0.2, 0.25) is 0 Å². The average molecular weight is 394 g/mol. The first-order chi connectivity index (χ1) is 13.4. The Kier molecular flexibility index (Phi) is 6.18. The Hall–Kier alpha value is -2.61. The van der Waals surface area contributed by atoms with Crippen LogP contribution in [0.4, 0.5) is 13.2 Å². The summed E-state index contributed by atoms with van der Waals surface area (Å²) in [5, 5.41) is 9.01. The van der Waals surface area contributed by atoms with Crippen molar-refractivity contribution < 1.29 is 27.8 Å². The zero-order chi connectivity index (χ0) is 20.1. The van der Waals surface area contributed by atoms with Crippen LogP contribution in [0, 0.1) is 5.92 Å². The molecular formula is C20H21F3N2O3. The molecule has 1 N–H and O–H groups in total. The van der Waals surface area contributed by atoms with Crippen LogP contribution in [-0.4, -0.2) is 40.6 Å². The molecule has 2 aromatic rings. The molecule has 150 valence electrons. The van der Waals surface area contributed by atoms with E-state index in [2.05, 4.69) is 4.98 Å². The van der Waals surface area contributed by atoms with Crippen molar-refractivity contribution in [3.8, 4) is 5.75 Å². The summed E-state index contributed by atoms with van der Waals surface area (Å²) in [7, 11) is 0. The van der Waals surface area contributed by atoms with E-state index < -0.39 is 11.7 Å². The first-order valence-corrected chi connectivity index (χ1v) is 8.98. The molecule has 1 unspecified atom stereocenters. The van der Waals surface area contributed by atoms with Gasteiger partial charge in [0.15, 0.2) is 6.61 Å². The van der Waals surface area contributed by atoms with E-state index in [1.54, 1.807) is 29.2 Å². The number of aromatic nitrogens is 1. The lowest BCUT2D eigenvalue weighted by molar-refractivity contribution is -0.138. The Balaban J connectivity index is 1.53. The summed E-state index contributed by atoms with van der Waals surface area (Å²) in [6, 6.07) is 9.07. The summed E-state index contributed by atoms with van der Waals surface area (Å²) >= 11 is 0. The van der Waals surface area contributed by atoms with Crippen LogP contribution in [-0.2, 0) is 24.0 Å². The van der Waals surface area contributed by atoms with Gasteiger partial charge in [-0.1, -0.05) is 12.1 Å². The Morgan fingerprint density at radius 3 is 2.68 bits per heavy atom. The van der Waals surface area contributed by atoms with Crippen molar-refractivity contribution in [2.24, 2.45) is 5.92 Å². The maximum absolute atomic E-state index is 13.1. The highest BCUT2D eigenvalue weighted by molar-refractivity contribution is 5.78. The number of pyridine rings is 1. The first-order valence-electron chi connectivity index (χ1n) is 8.98. The van der Waals surface area contributed by atoms with Gasteiger partial charge in [-0.05, 0) is 48.6 Å². The molecule has 1 aliphatic heterocycles. The fraction of sp³-hybridized carbons (Fsp3) is 0.400. The number of ether oxygens (including phenoxy) is 1. The van der Waals surface area contributed by atoms with E-state index in [-0.39, 0.29) is 37.2 Å². The number of aliphatic hydroxyl groups excluding tert-OH is 1. The van der Waals surface area contributed by atoms with E-state index in [1.807, 2.05) is 0 Å². The Bertz CT molecular complexity index is 809. The van der Waals surface area contributed by atoms with Crippen molar-refractivity contribution >= 4 is 5.91 Å². The summed E-state index contributed by atoms with van der Waals surface area (Å²) < 4.78 is 44.8. The quantitative estimate of drug-likeness (QED) is 0.818. The molecule has 0 spiro atoms. The first kappa shape index (κ1) is 20.1. The smallest absolute Gasteiger partial charge is 0.418 e. The third kappa shape index (κ3) is 5.01. The largest absolute Gasteiger partial charge is 0.484 e. The molecule has 1 aromatic carbocycles. The molecule has 1 aromatic heterocycles. The van der Waals surface area contributed by atoms with Gasteiger partial charge in [0.05, 0.1) is 17.9 Å². The summed E-state index contributed by atoms with van der Waals surface area (Å²) in [4.78, 5) is 17.8. The molecule has 3 rings (SSSR count). The van der Waals surface area contributed by atoms with Crippen LogP contribution in [0.3, 0.4) is 0 Å². The highest BCUT2D eigenvalue weighted by Crippen LogP contribution is 2.33. The van der Waals surface area contributed by atoms with Crippen LogP contribution >= 0.6 is 0 Å². The molecule has 1 fully saturated rings. The van der Waals surface area contributed by atoms with E-state index in [9.17, 15) is 18.0 Å². The highest BCUT2D eigenvalue weighted by Gasteiger charge is 2.35. The number of amides is 1. The van der Waals surface area contributed by atoms with Crippen molar-refractivity contribution in [2.75, 3.05) is 19.7 Å². The zero-order valence-electron chi connectivity index (χ0n) is 15.2. The summed E-state index contributed by atoms with van der Waals surface area (Å²) in [5.41, 5.74) is 0.0535. The predicted octanol–water partition coefficient (Wildman–Crippen LogP) is 3.06. The minimum absolute atomic E-state index is 0.0227. The third-order valence-corrected chi connectivity index (χ3v) is 4.78. The molecule has 1 saturated heterocycles. The van der Waals surface area contributed by atoms with Crippen LogP contribution in [0.25, 0.3) is 0 Å². The molecule has 0 bridgehead atoms. The van der Waals surface area contributed by atoms with Crippen LogP contribution in [0.15, 0.2) is 42.6 Å². The lowest BCUT2D eigenvalue weighted by Crippen LogP contribution is -2.33. The molecule has 8 heteroatoms. The molecule has 0 aliphatic carbocycles. The standard InChI is InChI=1S/C20H21F3N2O3/c21-20(22,23)17-2-1-8-24-18(17)10-15-7-9-25(11-15)19(27)13-28-16-5-3-14(12-26)4-6-16/h1-6,8,15,26H,7,9-13H2. The second-order valence-corrected chi connectivity index (χ2v) is 6.78. The second kappa shape index (κ2) is 8.60. The van der Waals surface area contributed by atoms with Gasteiger partial charge in [-0.3, -0.25) is 9.78 Å². The lowest BCUT2D eigenvalue weighted by atomic mass is 9.99. The average Bonchev–Trinajstić information content (AvgIpc) is 3.14. The highest BCUT2D eigenvalue weighted by atomic mass is 19.4. The predicted molar refractivity (Wildman–Crippen MR) is 95.5 cm³/mol. The zero-order valence-corrected chi connectivity index (χ0v) is 15.2. The van der Waals surface area contributed by atoms with Gasteiger partial charge in [0.1, 0.15) is 5.75 Å². The van der Waals surface area contributed by atoms with Crippen LogP contribution in [0.1, 0.15) is 23.2 Å². The molecule has 0 saturated carbocycles. The van der Waals surface area contributed by atoms with Crippen LogP contribution < -0.4 is 4.74 Å². The number of hydrogen-bond donors (Lipinski definition) is 1. The van der Waals surface area contributed by atoms with E-state index >= 15 is 0 Å². The Morgan fingerprint density at radius 1 is 1.25 bits per heavy atom. The number of likely N-dealkylation sites (tertiary alicyclic amines) is 1. The van der Waals surface area contributed by atoms with Gasteiger partial charge in [-0.15, -0.1) is 0 Å². The number of halogens is 3. The molecule has 1 aliphatic rings. The Morgan fingerprint density at radius 2 is 2.00 bits per heavy atom. The van der Waals surface area contributed by atoms with Gasteiger partial charge in [0.25, 0.3) is 5.91 Å². The third-order valence-electron chi connectivity index (χ3n) is 4.78. The lowest BCUT2D eigenvalue weighted by Gasteiger charge is -2.18. The molecule has 28 heavy (non-hydrogen) atoms. The van der Waals surface area contributed by atoms with Gasteiger partial charge in [-0.2, -0.15) is 13.2 Å². The van der Waals surface area contributed by atoms with E-state index in [0.29, 0.717) is 25.3 Å². The number of rotatable bonds is 6. The van der Waals surface area contributed by atoms with Crippen LogP contribution in [0.5, 0.6) is 5.75 Å². The Labute approximate surface area is 160 Å². The van der Waals surface area contributed by atoms with Gasteiger partial charge in [0, 0.05) is 19.3 Å². The summed E-state index contributed by atoms with van der Waals surface area (Å²) in [6.07, 6.45) is -2.26. The van der Waals surface area contributed by atoms with E-state index in [4.69, 9.17) is 9.84 Å². The number of aliphatic hydroxyl groups is 1. The maximum atomic E-state index is 13.1. The van der Waals surface area contributed by atoms with Crippen molar-refractivity contribution in [1.82, 2.24) is 9.88 Å². The molecule has 1 amide bonds. The van der Waals surface area contributed by atoms with Crippen molar-refractivity contribution in [2.45, 2.75) is 25.6 Å². The maximum Gasteiger partial charge on any atom is 0.418 e. The fourth-order valence-electron chi connectivity index (χ4n) is 3.29. The molecule has 2 heterocycles. The normalized spacial score (nSPS) is 17.0. The molecular weight excluding hydrogens is 373 g/mol. The van der Waals surface area contributed by atoms with Crippen molar-refractivity contribution in [3.05, 3.63) is 59.4 Å². The number of hydrogen-bond acceptors (Lipinski definition) is 4. The fourth-order valence-corrected chi connectivity index (χ4v) is 3.29. The second-order valence-electron chi connectivity index (χ2n) is 6.78. The van der Waals surface area contributed by atoms with Gasteiger partial charge >= 0.3 is 6.18 Å². The molecule has 1 atom stereocenters. The number of benzene rings is 1. The minimum Gasteiger partial charge on any atom is -0.484 e. The molecule has 0 radical (unpaired) electrons. The van der Waals surface area contributed by atoms with E-state index in [0.717, 1.165) is 11.6 Å². The van der Waals surface area contributed by atoms with Crippen molar-refractivity contribution in [3.63, 3.8) is 0 Å².